The summed E-state index contributed by atoms with van der Waals surface area (Å²) in [7, 11) is 0. The summed E-state index contributed by atoms with van der Waals surface area (Å²) >= 11 is 0. The first kappa shape index (κ1) is 14.7. The summed E-state index contributed by atoms with van der Waals surface area (Å²) in [5.41, 5.74) is 0.272. The second kappa shape index (κ2) is 7.17. The molecule has 2 heteroatoms. The fourth-order valence-corrected chi connectivity index (χ4v) is 2.82. The highest BCUT2D eigenvalue weighted by Crippen LogP contribution is 2.26. The molecule has 0 aromatic carbocycles. The first-order chi connectivity index (χ1) is 8.12. The third kappa shape index (κ3) is 4.11. The number of nitrogens with zero attached hydrogens (tertiary/aromatic N) is 1. The molecule has 0 saturated carbocycles. The van der Waals surface area contributed by atoms with Gasteiger partial charge in [0.05, 0.1) is 0 Å². The van der Waals surface area contributed by atoms with Gasteiger partial charge in [-0.2, -0.15) is 0 Å². The largest absolute Gasteiger partial charge is 0.312 e. The van der Waals surface area contributed by atoms with Crippen molar-refractivity contribution in [2.24, 2.45) is 0 Å². The zero-order valence-corrected chi connectivity index (χ0v) is 12.0. The topological polar surface area (TPSA) is 15.3 Å². The van der Waals surface area contributed by atoms with E-state index in [4.69, 9.17) is 0 Å². The Balaban J connectivity index is 2.60. The number of hydrogen-bond donors (Lipinski definition) is 1. The summed E-state index contributed by atoms with van der Waals surface area (Å²) in [6, 6.07) is 0.582. The molecule has 0 radical (unpaired) electrons. The third-order valence-electron chi connectivity index (χ3n) is 4.07. The van der Waals surface area contributed by atoms with Gasteiger partial charge in [-0.25, -0.2) is 0 Å². The van der Waals surface area contributed by atoms with Crippen molar-refractivity contribution in [3.63, 3.8) is 0 Å². The van der Waals surface area contributed by atoms with Crippen LogP contribution in [0.3, 0.4) is 0 Å². The molecule has 0 aromatic rings. The molecule has 0 aliphatic carbocycles. The summed E-state index contributed by atoms with van der Waals surface area (Å²) in [4.78, 5) is 2.66. The molecule has 0 spiro atoms. The number of hydrogen-bond acceptors (Lipinski definition) is 2. The zero-order chi connectivity index (χ0) is 12.7. The predicted octanol–water partition coefficient (Wildman–Crippen LogP) is 3.20. The lowest BCUT2D eigenvalue weighted by atomic mass is 9.89. The molecule has 0 bridgehead atoms. The van der Waals surface area contributed by atoms with Crippen LogP contribution < -0.4 is 5.32 Å². The minimum Gasteiger partial charge on any atom is -0.312 e. The smallest absolute Gasteiger partial charge is 0.0306 e. The Bertz CT molecular complexity index is 217. The van der Waals surface area contributed by atoms with E-state index in [2.05, 4.69) is 37.6 Å². The van der Waals surface area contributed by atoms with E-state index < -0.39 is 0 Å². The van der Waals surface area contributed by atoms with E-state index in [9.17, 15) is 0 Å². The molecule has 0 amide bonds. The Labute approximate surface area is 107 Å². The van der Waals surface area contributed by atoms with Crippen LogP contribution >= 0.6 is 0 Å². The quantitative estimate of drug-likeness (QED) is 0.653. The number of rotatable bonds is 8. The molecule has 1 aliphatic rings. The maximum absolute atomic E-state index is 3.85. The zero-order valence-electron chi connectivity index (χ0n) is 12.0. The Hall–Kier alpha value is -0.340. The first-order valence-electron chi connectivity index (χ1n) is 7.22. The molecule has 1 aliphatic heterocycles. The standard InChI is InChI=1S/C15H30N2/c1-5-7-10-14(16-11-6-2)15(3,4)17-12-8-9-13-17/h5,14,16H,1,6-13H2,2-4H3. The van der Waals surface area contributed by atoms with Gasteiger partial charge in [-0.15, -0.1) is 6.58 Å². The summed E-state index contributed by atoms with van der Waals surface area (Å²) < 4.78 is 0. The van der Waals surface area contributed by atoms with Crippen molar-refractivity contribution in [2.75, 3.05) is 19.6 Å². The summed E-state index contributed by atoms with van der Waals surface area (Å²) in [6.45, 7) is 14.5. The molecular formula is C15H30N2. The summed E-state index contributed by atoms with van der Waals surface area (Å²) in [6.07, 6.45) is 8.30. The van der Waals surface area contributed by atoms with Crippen molar-refractivity contribution in [3.8, 4) is 0 Å². The summed E-state index contributed by atoms with van der Waals surface area (Å²) in [5, 5.41) is 3.73. The molecule has 1 atom stereocenters. The predicted molar refractivity (Wildman–Crippen MR) is 76.4 cm³/mol. The van der Waals surface area contributed by atoms with Crippen molar-refractivity contribution in [1.82, 2.24) is 10.2 Å². The SMILES string of the molecule is C=CCCC(NCCC)C(C)(C)N1CCCC1. The van der Waals surface area contributed by atoms with Gasteiger partial charge in [-0.1, -0.05) is 13.0 Å². The van der Waals surface area contributed by atoms with Crippen LogP contribution in [0.25, 0.3) is 0 Å². The second-order valence-electron chi connectivity index (χ2n) is 5.72. The highest BCUT2D eigenvalue weighted by molar-refractivity contribution is 4.96. The molecule has 1 rings (SSSR count). The maximum atomic E-state index is 3.85. The third-order valence-corrected chi connectivity index (χ3v) is 4.07. The van der Waals surface area contributed by atoms with Gasteiger partial charge in [0, 0.05) is 11.6 Å². The van der Waals surface area contributed by atoms with E-state index >= 15 is 0 Å². The fraction of sp³-hybridized carbons (Fsp3) is 0.867. The van der Waals surface area contributed by atoms with E-state index in [0.717, 1.165) is 13.0 Å². The molecule has 1 N–H and O–H groups in total. The molecule has 17 heavy (non-hydrogen) atoms. The molecule has 0 aromatic heterocycles. The molecule has 1 fully saturated rings. The van der Waals surface area contributed by atoms with Crippen molar-refractivity contribution in [1.29, 1.82) is 0 Å². The van der Waals surface area contributed by atoms with E-state index in [1.54, 1.807) is 0 Å². The van der Waals surface area contributed by atoms with Gasteiger partial charge in [0.25, 0.3) is 0 Å². The molecule has 1 unspecified atom stereocenters. The van der Waals surface area contributed by atoms with Crippen molar-refractivity contribution < 1.29 is 0 Å². The van der Waals surface area contributed by atoms with Gasteiger partial charge in [-0.3, -0.25) is 4.90 Å². The van der Waals surface area contributed by atoms with Crippen LogP contribution in [-0.4, -0.2) is 36.1 Å². The van der Waals surface area contributed by atoms with Gasteiger partial charge in [0.1, 0.15) is 0 Å². The van der Waals surface area contributed by atoms with Gasteiger partial charge < -0.3 is 5.32 Å². The molecule has 2 nitrogen and oxygen atoms in total. The average molecular weight is 238 g/mol. The minimum atomic E-state index is 0.272. The van der Waals surface area contributed by atoms with Gasteiger partial charge >= 0.3 is 0 Å². The minimum absolute atomic E-state index is 0.272. The summed E-state index contributed by atoms with van der Waals surface area (Å²) in [5.74, 6) is 0. The molecule has 1 saturated heterocycles. The Morgan fingerprint density at radius 2 is 2.00 bits per heavy atom. The Morgan fingerprint density at radius 3 is 2.53 bits per heavy atom. The Kier molecular flexibility index (Phi) is 6.21. The van der Waals surface area contributed by atoms with Gasteiger partial charge in [-0.05, 0) is 65.6 Å². The molecule has 100 valence electrons. The number of allylic oxidation sites excluding steroid dienone is 1. The van der Waals surface area contributed by atoms with Gasteiger partial charge in [0.2, 0.25) is 0 Å². The lowest BCUT2D eigenvalue weighted by Crippen LogP contribution is -2.57. The van der Waals surface area contributed by atoms with Crippen LogP contribution in [0.15, 0.2) is 12.7 Å². The number of nitrogens with one attached hydrogen (secondary N) is 1. The molecular weight excluding hydrogens is 208 g/mol. The average Bonchev–Trinajstić information content (AvgIpc) is 2.83. The lowest BCUT2D eigenvalue weighted by Gasteiger charge is -2.42. The van der Waals surface area contributed by atoms with Crippen LogP contribution in [0.5, 0.6) is 0 Å². The fourth-order valence-electron chi connectivity index (χ4n) is 2.82. The van der Waals surface area contributed by atoms with Crippen molar-refractivity contribution in [3.05, 3.63) is 12.7 Å². The van der Waals surface area contributed by atoms with E-state index in [0.29, 0.717) is 6.04 Å². The lowest BCUT2D eigenvalue weighted by molar-refractivity contribution is 0.103. The number of likely N-dealkylation sites (tertiary alicyclic amines) is 1. The Morgan fingerprint density at radius 1 is 1.35 bits per heavy atom. The van der Waals surface area contributed by atoms with E-state index in [-0.39, 0.29) is 5.54 Å². The maximum Gasteiger partial charge on any atom is 0.0306 e. The van der Waals surface area contributed by atoms with Crippen molar-refractivity contribution >= 4 is 0 Å². The monoisotopic (exact) mass is 238 g/mol. The highest BCUT2D eigenvalue weighted by Gasteiger charge is 2.35. The van der Waals surface area contributed by atoms with Crippen molar-refractivity contribution in [2.45, 2.75) is 64.5 Å². The van der Waals surface area contributed by atoms with Gasteiger partial charge in [0.15, 0.2) is 0 Å². The van der Waals surface area contributed by atoms with Crippen LogP contribution in [0, 0.1) is 0 Å². The van der Waals surface area contributed by atoms with E-state index in [1.165, 1.54) is 38.8 Å². The second-order valence-corrected chi connectivity index (χ2v) is 5.72. The van der Waals surface area contributed by atoms with Crippen LogP contribution in [0.4, 0.5) is 0 Å². The molecule has 1 heterocycles. The van der Waals surface area contributed by atoms with Crippen LogP contribution in [0.1, 0.15) is 52.9 Å². The first-order valence-corrected chi connectivity index (χ1v) is 7.22. The van der Waals surface area contributed by atoms with E-state index in [1.807, 2.05) is 6.08 Å². The van der Waals surface area contributed by atoms with Crippen LogP contribution in [-0.2, 0) is 0 Å². The van der Waals surface area contributed by atoms with Crippen LogP contribution in [0.2, 0.25) is 0 Å². The normalized spacial score (nSPS) is 19.5. The highest BCUT2D eigenvalue weighted by atomic mass is 15.2.